The average Bonchev–Trinajstić information content (AvgIpc) is 2.77. The molecule has 0 saturated carbocycles. The van der Waals surface area contributed by atoms with Gasteiger partial charge in [0.1, 0.15) is 0 Å². The highest BCUT2D eigenvalue weighted by molar-refractivity contribution is 9.10. The molecule has 1 amide bonds. The van der Waals surface area contributed by atoms with Crippen molar-refractivity contribution in [3.05, 3.63) is 63.6 Å². The molecular formula is C16H14BrNO2. The molecular weight excluding hydrogens is 318 g/mol. The highest BCUT2D eigenvalue weighted by atomic mass is 79.9. The maximum atomic E-state index is 11.3. The third kappa shape index (κ3) is 2.76. The van der Waals surface area contributed by atoms with Gasteiger partial charge < -0.3 is 10.4 Å². The minimum absolute atomic E-state index is 0.0126. The number of anilines is 1. The minimum Gasteiger partial charge on any atom is -0.388 e. The number of nitrogens with one attached hydrogen (secondary N) is 1. The molecule has 2 aromatic carbocycles. The standard InChI is InChI=1S/C16H14BrNO2/c17-13-3-1-2-10(6-13)7-15(19)11-4-5-14-12(8-11)9-16(20)18-14/h1-6,8,15,19H,7,9H2,(H,18,20). The van der Waals surface area contributed by atoms with Crippen molar-refractivity contribution < 1.29 is 9.90 Å². The van der Waals surface area contributed by atoms with Crippen LogP contribution in [0.5, 0.6) is 0 Å². The van der Waals surface area contributed by atoms with Crippen LogP contribution in [-0.2, 0) is 17.6 Å². The van der Waals surface area contributed by atoms with E-state index >= 15 is 0 Å². The van der Waals surface area contributed by atoms with E-state index in [2.05, 4.69) is 21.2 Å². The van der Waals surface area contributed by atoms with Gasteiger partial charge in [-0.1, -0.05) is 40.2 Å². The Hall–Kier alpha value is -1.65. The molecule has 0 spiro atoms. The summed E-state index contributed by atoms with van der Waals surface area (Å²) in [6.45, 7) is 0. The summed E-state index contributed by atoms with van der Waals surface area (Å²) in [6.07, 6.45) is 0.386. The number of aliphatic hydroxyl groups is 1. The smallest absolute Gasteiger partial charge is 0.228 e. The molecule has 3 nitrogen and oxygen atoms in total. The molecule has 0 saturated heterocycles. The largest absolute Gasteiger partial charge is 0.388 e. The van der Waals surface area contributed by atoms with E-state index < -0.39 is 6.10 Å². The normalized spacial score (nSPS) is 14.8. The van der Waals surface area contributed by atoms with Crippen LogP contribution in [0.2, 0.25) is 0 Å². The maximum absolute atomic E-state index is 11.3. The Morgan fingerprint density at radius 3 is 2.90 bits per heavy atom. The SMILES string of the molecule is O=C1Cc2cc(C(O)Cc3cccc(Br)c3)ccc2N1. The second-order valence-corrected chi connectivity index (χ2v) is 5.91. The lowest BCUT2D eigenvalue weighted by Gasteiger charge is -2.12. The van der Waals surface area contributed by atoms with Gasteiger partial charge in [-0.3, -0.25) is 4.79 Å². The summed E-state index contributed by atoms with van der Waals surface area (Å²) in [7, 11) is 0. The lowest BCUT2D eigenvalue weighted by Crippen LogP contribution is -2.03. The van der Waals surface area contributed by atoms with Crippen LogP contribution in [0.15, 0.2) is 46.9 Å². The van der Waals surface area contributed by atoms with Crippen molar-refractivity contribution in [2.75, 3.05) is 5.32 Å². The number of benzene rings is 2. The molecule has 3 rings (SSSR count). The maximum Gasteiger partial charge on any atom is 0.228 e. The number of fused-ring (bicyclic) bond motifs is 1. The number of halogens is 1. The Balaban J connectivity index is 1.79. The van der Waals surface area contributed by atoms with E-state index in [1.54, 1.807) is 0 Å². The zero-order chi connectivity index (χ0) is 14.1. The van der Waals surface area contributed by atoms with Crippen LogP contribution in [0.4, 0.5) is 5.69 Å². The number of amides is 1. The predicted octanol–water partition coefficient (Wildman–Crippen LogP) is 3.22. The van der Waals surface area contributed by atoms with E-state index in [1.807, 2.05) is 42.5 Å². The number of hydrogen-bond acceptors (Lipinski definition) is 2. The molecule has 0 bridgehead atoms. The van der Waals surface area contributed by atoms with Crippen LogP contribution < -0.4 is 5.32 Å². The van der Waals surface area contributed by atoms with Gasteiger partial charge in [-0.05, 0) is 34.9 Å². The average molecular weight is 332 g/mol. The second-order valence-electron chi connectivity index (χ2n) is 4.99. The van der Waals surface area contributed by atoms with Gasteiger partial charge in [0.2, 0.25) is 5.91 Å². The fourth-order valence-electron chi connectivity index (χ4n) is 2.46. The Labute approximate surface area is 125 Å². The molecule has 0 aromatic heterocycles. The van der Waals surface area contributed by atoms with Gasteiger partial charge in [0.05, 0.1) is 12.5 Å². The molecule has 1 aliphatic heterocycles. The fraction of sp³-hybridized carbons (Fsp3) is 0.188. The van der Waals surface area contributed by atoms with E-state index in [4.69, 9.17) is 0 Å². The van der Waals surface area contributed by atoms with Crippen LogP contribution in [0.1, 0.15) is 22.8 Å². The van der Waals surface area contributed by atoms with Crippen LogP contribution in [0, 0.1) is 0 Å². The van der Waals surface area contributed by atoms with Crippen LogP contribution in [-0.4, -0.2) is 11.0 Å². The summed E-state index contributed by atoms with van der Waals surface area (Å²) in [6, 6.07) is 13.6. The van der Waals surface area contributed by atoms with Gasteiger partial charge in [0.15, 0.2) is 0 Å². The first-order chi connectivity index (χ1) is 9.61. The van der Waals surface area contributed by atoms with Crippen molar-refractivity contribution in [3.63, 3.8) is 0 Å². The van der Waals surface area contributed by atoms with E-state index in [9.17, 15) is 9.90 Å². The van der Waals surface area contributed by atoms with Gasteiger partial charge in [0.25, 0.3) is 0 Å². The third-order valence-corrected chi connectivity index (χ3v) is 3.95. The zero-order valence-corrected chi connectivity index (χ0v) is 12.4. The summed E-state index contributed by atoms with van der Waals surface area (Å²) < 4.78 is 1.01. The number of carbonyl (C=O) groups excluding carboxylic acids is 1. The van der Waals surface area contributed by atoms with Crippen LogP contribution in [0.25, 0.3) is 0 Å². The van der Waals surface area contributed by atoms with Crippen molar-refractivity contribution in [2.24, 2.45) is 0 Å². The van der Waals surface area contributed by atoms with Gasteiger partial charge >= 0.3 is 0 Å². The van der Waals surface area contributed by atoms with Gasteiger partial charge in [0, 0.05) is 16.6 Å². The Bertz CT molecular complexity index is 669. The van der Waals surface area contributed by atoms with Gasteiger partial charge in [-0.2, -0.15) is 0 Å². The molecule has 1 unspecified atom stereocenters. The molecule has 102 valence electrons. The van der Waals surface area contributed by atoms with E-state index in [0.717, 1.165) is 26.9 Å². The number of hydrogen-bond donors (Lipinski definition) is 2. The summed E-state index contributed by atoms with van der Waals surface area (Å²) in [5, 5.41) is 13.1. The van der Waals surface area contributed by atoms with Crippen LogP contribution >= 0.6 is 15.9 Å². The molecule has 0 fully saturated rings. The summed E-state index contributed by atoms with van der Waals surface area (Å²) >= 11 is 3.43. The third-order valence-electron chi connectivity index (χ3n) is 3.46. The highest BCUT2D eigenvalue weighted by Gasteiger charge is 2.19. The number of rotatable bonds is 3. The van der Waals surface area contributed by atoms with E-state index in [-0.39, 0.29) is 5.91 Å². The second kappa shape index (κ2) is 5.38. The molecule has 1 aliphatic rings. The monoisotopic (exact) mass is 331 g/mol. The van der Waals surface area contributed by atoms with Gasteiger partial charge in [-0.15, -0.1) is 0 Å². The summed E-state index contributed by atoms with van der Waals surface area (Å²) in [5.74, 6) is 0.0126. The zero-order valence-electron chi connectivity index (χ0n) is 10.8. The summed E-state index contributed by atoms with van der Waals surface area (Å²) in [5.41, 5.74) is 3.73. The molecule has 0 aliphatic carbocycles. The van der Waals surface area contributed by atoms with Crippen molar-refractivity contribution >= 4 is 27.5 Å². The quantitative estimate of drug-likeness (QED) is 0.907. The fourth-order valence-corrected chi connectivity index (χ4v) is 2.91. The molecule has 0 radical (unpaired) electrons. The van der Waals surface area contributed by atoms with E-state index in [1.165, 1.54) is 0 Å². The Morgan fingerprint density at radius 2 is 2.10 bits per heavy atom. The Kier molecular flexibility index (Phi) is 3.59. The van der Waals surface area contributed by atoms with Crippen molar-refractivity contribution in [1.29, 1.82) is 0 Å². The lowest BCUT2D eigenvalue weighted by atomic mass is 9.99. The first-order valence-corrected chi connectivity index (χ1v) is 7.26. The van der Waals surface area contributed by atoms with Crippen molar-refractivity contribution in [3.8, 4) is 0 Å². The van der Waals surface area contributed by atoms with E-state index in [0.29, 0.717) is 12.8 Å². The Morgan fingerprint density at radius 1 is 1.25 bits per heavy atom. The minimum atomic E-state index is -0.565. The predicted molar refractivity (Wildman–Crippen MR) is 81.6 cm³/mol. The highest BCUT2D eigenvalue weighted by Crippen LogP contribution is 2.28. The first kappa shape index (κ1) is 13.3. The lowest BCUT2D eigenvalue weighted by molar-refractivity contribution is -0.115. The molecule has 4 heteroatoms. The van der Waals surface area contributed by atoms with Crippen molar-refractivity contribution in [2.45, 2.75) is 18.9 Å². The van der Waals surface area contributed by atoms with Gasteiger partial charge in [-0.25, -0.2) is 0 Å². The molecule has 1 heterocycles. The number of carbonyl (C=O) groups is 1. The topological polar surface area (TPSA) is 49.3 Å². The molecule has 1 atom stereocenters. The first-order valence-electron chi connectivity index (χ1n) is 6.47. The number of aliphatic hydroxyl groups excluding tert-OH is 1. The summed E-state index contributed by atoms with van der Waals surface area (Å²) in [4.78, 5) is 11.3. The molecule has 2 aromatic rings. The molecule has 20 heavy (non-hydrogen) atoms. The molecule has 2 N–H and O–H groups in total. The van der Waals surface area contributed by atoms with Crippen molar-refractivity contribution in [1.82, 2.24) is 0 Å². The van der Waals surface area contributed by atoms with Crippen LogP contribution in [0.3, 0.4) is 0 Å².